The van der Waals surface area contributed by atoms with Crippen LogP contribution in [0.1, 0.15) is 46.1 Å². The van der Waals surface area contributed by atoms with E-state index in [1.165, 1.54) is 18.4 Å². The first-order valence-electron chi connectivity index (χ1n) is 8.06. The zero-order chi connectivity index (χ0) is 15.3. The van der Waals surface area contributed by atoms with Gasteiger partial charge in [-0.15, -0.1) is 0 Å². The van der Waals surface area contributed by atoms with Crippen LogP contribution in [-0.4, -0.2) is 31.9 Å². The zero-order valence-electron chi connectivity index (χ0n) is 13.8. The van der Waals surface area contributed by atoms with Crippen LogP contribution < -0.4 is 10.1 Å². The zero-order valence-corrected chi connectivity index (χ0v) is 13.8. The van der Waals surface area contributed by atoms with Gasteiger partial charge in [-0.25, -0.2) is 0 Å². The molecule has 21 heavy (non-hydrogen) atoms. The lowest BCUT2D eigenvalue weighted by Gasteiger charge is -2.23. The summed E-state index contributed by atoms with van der Waals surface area (Å²) < 4.78 is 11.7. The molecule has 2 atom stereocenters. The molecule has 1 aliphatic heterocycles. The summed E-state index contributed by atoms with van der Waals surface area (Å²) in [5.74, 6) is 0.997. The predicted molar refractivity (Wildman–Crippen MR) is 87.1 cm³/mol. The van der Waals surface area contributed by atoms with E-state index in [1.807, 2.05) is 6.07 Å². The Labute approximate surface area is 129 Å². The average Bonchev–Trinajstić information content (AvgIpc) is 2.97. The largest absolute Gasteiger partial charge is 0.492 e. The smallest absolute Gasteiger partial charge is 0.123 e. The molecule has 1 fully saturated rings. The maximum Gasteiger partial charge on any atom is 0.123 e. The van der Waals surface area contributed by atoms with Gasteiger partial charge in [0.05, 0.1) is 6.10 Å². The summed E-state index contributed by atoms with van der Waals surface area (Å²) in [5, 5.41) is 3.50. The number of rotatable bonds is 6. The Morgan fingerprint density at radius 1 is 1.33 bits per heavy atom. The summed E-state index contributed by atoms with van der Waals surface area (Å²) in [4.78, 5) is 0. The van der Waals surface area contributed by atoms with E-state index in [1.54, 1.807) is 0 Å². The van der Waals surface area contributed by atoms with Gasteiger partial charge in [-0.3, -0.25) is 0 Å². The van der Waals surface area contributed by atoms with Crippen LogP contribution in [-0.2, 0) is 10.2 Å². The molecule has 1 aromatic rings. The number of benzene rings is 1. The highest BCUT2D eigenvalue weighted by Crippen LogP contribution is 2.30. The fraction of sp³-hybridized carbons (Fsp3) is 0.667. The third-order valence-electron chi connectivity index (χ3n) is 4.04. The lowest BCUT2D eigenvalue weighted by molar-refractivity contribution is 0.0824. The van der Waals surface area contributed by atoms with Crippen LogP contribution >= 0.6 is 0 Å². The van der Waals surface area contributed by atoms with Gasteiger partial charge in [-0.2, -0.15) is 0 Å². The summed E-state index contributed by atoms with van der Waals surface area (Å²) in [7, 11) is 0. The van der Waals surface area contributed by atoms with E-state index in [9.17, 15) is 0 Å². The van der Waals surface area contributed by atoms with Gasteiger partial charge >= 0.3 is 0 Å². The summed E-state index contributed by atoms with van der Waals surface area (Å²) in [5.41, 5.74) is 1.37. The molecule has 1 aromatic carbocycles. The Balaban J connectivity index is 1.78. The Kier molecular flexibility index (Phi) is 5.65. The maximum atomic E-state index is 5.97. The SMILES string of the molecule is CC(NCCOc1ccccc1C(C)(C)C)C1CCCO1. The Hall–Kier alpha value is -1.06. The molecule has 1 heterocycles. The Morgan fingerprint density at radius 3 is 2.76 bits per heavy atom. The monoisotopic (exact) mass is 291 g/mol. The summed E-state index contributed by atoms with van der Waals surface area (Å²) in [6.07, 6.45) is 2.72. The van der Waals surface area contributed by atoms with E-state index in [4.69, 9.17) is 9.47 Å². The van der Waals surface area contributed by atoms with E-state index in [2.05, 4.69) is 51.2 Å². The Bertz CT molecular complexity index is 433. The molecule has 1 N–H and O–H groups in total. The van der Waals surface area contributed by atoms with Gasteiger partial charge < -0.3 is 14.8 Å². The maximum absolute atomic E-state index is 5.97. The van der Waals surface area contributed by atoms with Crippen LogP contribution in [0.3, 0.4) is 0 Å². The number of hydrogen-bond donors (Lipinski definition) is 1. The first-order valence-corrected chi connectivity index (χ1v) is 8.06. The molecule has 0 spiro atoms. The quantitative estimate of drug-likeness (QED) is 0.814. The summed E-state index contributed by atoms with van der Waals surface area (Å²) in [6.45, 7) is 11.3. The molecule has 0 aromatic heterocycles. The lowest BCUT2D eigenvalue weighted by atomic mass is 9.86. The molecule has 0 amide bonds. The highest BCUT2D eigenvalue weighted by atomic mass is 16.5. The van der Waals surface area contributed by atoms with Gasteiger partial charge in [0, 0.05) is 19.2 Å². The van der Waals surface area contributed by atoms with Crippen molar-refractivity contribution in [2.75, 3.05) is 19.8 Å². The molecule has 2 rings (SSSR count). The molecule has 2 unspecified atom stereocenters. The van der Waals surface area contributed by atoms with Crippen molar-refractivity contribution in [2.45, 2.75) is 58.1 Å². The highest BCUT2D eigenvalue weighted by Gasteiger charge is 2.22. The number of para-hydroxylation sites is 1. The van der Waals surface area contributed by atoms with Crippen LogP contribution in [0, 0.1) is 0 Å². The molecular formula is C18H29NO2. The van der Waals surface area contributed by atoms with E-state index in [0.717, 1.165) is 18.9 Å². The van der Waals surface area contributed by atoms with Gasteiger partial charge in [-0.05, 0) is 36.8 Å². The third-order valence-corrected chi connectivity index (χ3v) is 4.04. The summed E-state index contributed by atoms with van der Waals surface area (Å²) in [6, 6.07) is 8.72. The predicted octanol–water partition coefficient (Wildman–Crippen LogP) is 3.52. The first-order chi connectivity index (χ1) is 9.98. The van der Waals surface area contributed by atoms with Crippen molar-refractivity contribution in [2.24, 2.45) is 0 Å². The second-order valence-electron chi connectivity index (χ2n) is 6.89. The van der Waals surface area contributed by atoms with Crippen molar-refractivity contribution in [3.63, 3.8) is 0 Å². The molecule has 0 aliphatic carbocycles. The average molecular weight is 291 g/mol. The van der Waals surface area contributed by atoms with Gasteiger partial charge in [-0.1, -0.05) is 39.0 Å². The standard InChI is InChI=1S/C18H29NO2/c1-14(16-10-7-12-20-16)19-11-13-21-17-9-6-5-8-15(17)18(2,3)4/h5-6,8-9,14,16,19H,7,10-13H2,1-4H3. The normalized spacial score (nSPS) is 20.5. The molecule has 1 aliphatic rings. The molecule has 3 nitrogen and oxygen atoms in total. The fourth-order valence-corrected chi connectivity index (χ4v) is 2.79. The summed E-state index contributed by atoms with van der Waals surface area (Å²) >= 11 is 0. The third kappa shape index (κ3) is 4.72. The minimum absolute atomic E-state index is 0.106. The van der Waals surface area contributed by atoms with Crippen LogP contribution in [0.5, 0.6) is 5.75 Å². The number of hydrogen-bond acceptors (Lipinski definition) is 3. The Morgan fingerprint density at radius 2 is 2.10 bits per heavy atom. The molecule has 0 bridgehead atoms. The van der Waals surface area contributed by atoms with Crippen LogP contribution in [0.4, 0.5) is 0 Å². The van der Waals surface area contributed by atoms with E-state index in [0.29, 0.717) is 18.8 Å². The van der Waals surface area contributed by atoms with E-state index in [-0.39, 0.29) is 5.41 Å². The lowest BCUT2D eigenvalue weighted by Crippen LogP contribution is -2.39. The number of ether oxygens (including phenoxy) is 2. The van der Waals surface area contributed by atoms with Crippen molar-refractivity contribution in [3.05, 3.63) is 29.8 Å². The van der Waals surface area contributed by atoms with Gasteiger partial charge in [0.25, 0.3) is 0 Å². The topological polar surface area (TPSA) is 30.5 Å². The van der Waals surface area contributed by atoms with Crippen LogP contribution in [0.2, 0.25) is 0 Å². The van der Waals surface area contributed by atoms with Gasteiger partial charge in [0.2, 0.25) is 0 Å². The van der Waals surface area contributed by atoms with Gasteiger partial charge in [0.1, 0.15) is 12.4 Å². The molecule has 0 saturated carbocycles. The minimum atomic E-state index is 0.106. The van der Waals surface area contributed by atoms with Gasteiger partial charge in [0.15, 0.2) is 0 Å². The molecular weight excluding hydrogens is 262 g/mol. The molecule has 0 radical (unpaired) electrons. The minimum Gasteiger partial charge on any atom is -0.492 e. The molecule has 118 valence electrons. The second-order valence-corrected chi connectivity index (χ2v) is 6.89. The van der Waals surface area contributed by atoms with Crippen molar-refractivity contribution in [1.29, 1.82) is 0 Å². The first kappa shape index (κ1) is 16.3. The fourth-order valence-electron chi connectivity index (χ4n) is 2.79. The van der Waals surface area contributed by atoms with Crippen molar-refractivity contribution in [1.82, 2.24) is 5.32 Å². The molecule has 1 saturated heterocycles. The van der Waals surface area contributed by atoms with E-state index < -0.39 is 0 Å². The van der Waals surface area contributed by atoms with Crippen molar-refractivity contribution in [3.8, 4) is 5.75 Å². The highest BCUT2D eigenvalue weighted by molar-refractivity contribution is 5.38. The van der Waals surface area contributed by atoms with Crippen LogP contribution in [0.15, 0.2) is 24.3 Å². The van der Waals surface area contributed by atoms with Crippen LogP contribution in [0.25, 0.3) is 0 Å². The van der Waals surface area contributed by atoms with Crippen molar-refractivity contribution >= 4 is 0 Å². The van der Waals surface area contributed by atoms with E-state index >= 15 is 0 Å². The second kappa shape index (κ2) is 7.28. The van der Waals surface area contributed by atoms with Crippen molar-refractivity contribution < 1.29 is 9.47 Å². The molecule has 3 heteroatoms. The number of nitrogens with one attached hydrogen (secondary N) is 1.